The van der Waals surface area contributed by atoms with Gasteiger partial charge < -0.3 is 4.74 Å². The van der Waals surface area contributed by atoms with Gasteiger partial charge in [-0.05, 0) is 37.0 Å². The summed E-state index contributed by atoms with van der Waals surface area (Å²) in [6.45, 7) is 2.76. The standard InChI is InChI=1S/C12H19ClN2O/c1-9-10(5-3-6-11(9)13)12(15-14)7-4-8-16-2/h3,5-6,12,15H,4,7-8,14H2,1-2H3. The minimum absolute atomic E-state index is 0.133. The van der Waals surface area contributed by atoms with E-state index in [-0.39, 0.29) is 6.04 Å². The maximum Gasteiger partial charge on any atom is 0.0464 e. The number of benzene rings is 1. The van der Waals surface area contributed by atoms with E-state index < -0.39 is 0 Å². The molecule has 4 heteroatoms. The van der Waals surface area contributed by atoms with Crippen LogP contribution in [0.5, 0.6) is 0 Å². The van der Waals surface area contributed by atoms with Crippen molar-refractivity contribution in [2.24, 2.45) is 5.84 Å². The molecular formula is C12H19ClN2O. The van der Waals surface area contributed by atoms with Crippen molar-refractivity contribution in [3.05, 3.63) is 34.3 Å². The van der Waals surface area contributed by atoms with Crippen molar-refractivity contribution < 1.29 is 4.74 Å². The predicted octanol–water partition coefficient (Wildman–Crippen LogP) is 2.58. The molecule has 1 aromatic carbocycles. The van der Waals surface area contributed by atoms with E-state index in [2.05, 4.69) is 11.5 Å². The zero-order chi connectivity index (χ0) is 12.0. The van der Waals surface area contributed by atoms with Crippen LogP contribution in [0.1, 0.15) is 30.0 Å². The Labute approximate surface area is 102 Å². The fourth-order valence-corrected chi connectivity index (χ4v) is 1.94. The fraction of sp³-hybridized carbons (Fsp3) is 0.500. The summed E-state index contributed by atoms with van der Waals surface area (Å²) in [6, 6.07) is 6.03. The van der Waals surface area contributed by atoms with Crippen molar-refractivity contribution >= 4 is 11.6 Å². The van der Waals surface area contributed by atoms with Gasteiger partial charge in [-0.15, -0.1) is 0 Å². The highest BCUT2D eigenvalue weighted by Crippen LogP contribution is 2.26. The average Bonchev–Trinajstić information content (AvgIpc) is 2.29. The van der Waals surface area contributed by atoms with Crippen LogP contribution in [0, 0.1) is 6.92 Å². The van der Waals surface area contributed by atoms with E-state index in [4.69, 9.17) is 22.2 Å². The molecule has 1 rings (SSSR count). The highest BCUT2D eigenvalue weighted by Gasteiger charge is 2.12. The molecule has 0 fully saturated rings. The van der Waals surface area contributed by atoms with E-state index in [0.29, 0.717) is 0 Å². The third-order valence-corrected chi connectivity index (χ3v) is 3.14. The van der Waals surface area contributed by atoms with Gasteiger partial charge in [0, 0.05) is 24.8 Å². The molecule has 3 N–H and O–H groups in total. The largest absolute Gasteiger partial charge is 0.385 e. The van der Waals surface area contributed by atoms with Crippen molar-refractivity contribution in [1.82, 2.24) is 5.43 Å². The maximum absolute atomic E-state index is 6.08. The third kappa shape index (κ3) is 3.46. The van der Waals surface area contributed by atoms with Crippen molar-refractivity contribution in [2.75, 3.05) is 13.7 Å². The van der Waals surface area contributed by atoms with Crippen molar-refractivity contribution in [2.45, 2.75) is 25.8 Å². The first kappa shape index (κ1) is 13.5. The van der Waals surface area contributed by atoms with Crippen molar-refractivity contribution in [3.63, 3.8) is 0 Å². The molecule has 0 bridgehead atoms. The van der Waals surface area contributed by atoms with Gasteiger partial charge in [0.1, 0.15) is 0 Å². The van der Waals surface area contributed by atoms with E-state index in [1.54, 1.807) is 7.11 Å². The summed E-state index contributed by atoms with van der Waals surface area (Å²) in [5.41, 5.74) is 5.08. The molecule has 1 aromatic rings. The summed E-state index contributed by atoms with van der Waals surface area (Å²) in [5.74, 6) is 5.57. The molecule has 0 heterocycles. The van der Waals surface area contributed by atoms with Crippen molar-refractivity contribution in [1.29, 1.82) is 0 Å². The van der Waals surface area contributed by atoms with Crippen LogP contribution in [0.15, 0.2) is 18.2 Å². The minimum Gasteiger partial charge on any atom is -0.385 e. The maximum atomic E-state index is 6.08. The number of ether oxygens (including phenoxy) is 1. The number of hydrogen-bond donors (Lipinski definition) is 2. The van der Waals surface area contributed by atoms with Gasteiger partial charge in [0.05, 0.1) is 0 Å². The molecule has 0 spiro atoms. The van der Waals surface area contributed by atoms with Crippen LogP contribution in [-0.4, -0.2) is 13.7 Å². The average molecular weight is 243 g/mol. The Kier molecular flexibility index (Phi) is 5.77. The Balaban J connectivity index is 2.74. The van der Waals surface area contributed by atoms with Gasteiger partial charge in [0.25, 0.3) is 0 Å². The second-order valence-electron chi connectivity index (χ2n) is 3.81. The zero-order valence-corrected chi connectivity index (χ0v) is 10.6. The third-order valence-electron chi connectivity index (χ3n) is 2.73. The molecule has 16 heavy (non-hydrogen) atoms. The van der Waals surface area contributed by atoms with E-state index in [1.807, 2.05) is 19.1 Å². The summed E-state index contributed by atoms with van der Waals surface area (Å²) >= 11 is 6.08. The smallest absolute Gasteiger partial charge is 0.0464 e. The summed E-state index contributed by atoms with van der Waals surface area (Å²) in [5, 5.41) is 0.782. The Hall–Kier alpha value is -0.610. The first-order valence-electron chi connectivity index (χ1n) is 5.40. The number of hydrazine groups is 1. The molecule has 0 saturated carbocycles. The lowest BCUT2D eigenvalue weighted by Gasteiger charge is -2.19. The highest BCUT2D eigenvalue weighted by atomic mass is 35.5. The molecule has 0 aromatic heterocycles. The van der Waals surface area contributed by atoms with E-state index in [9.17, 15) is 0 Å². The molecule has 3 nitrogen and oxygen atoms in total. The molecular weight excluding hydrogens is 224 g/mol. The van der Waals surface area contributed by atoms with Gasteiger partial charge in [-0.2, -0.15) is 0 Å². The SMILES string of the molecule is COCCCC(NN)c1cccc(Cl)c1C. The van der Waals surface area contributed by atoms with Gasteiger partial charge in [-0.1, -0.05) is 23.7 Å². The molecule has 0 radical (unpaired) electrons. The van der Waals surface area contributed by atoms with Crippen molar-refractivity contribution in [3.8, 4) is 0 Å². The number of rotatable bonds is 6. The van der Waals surface area contributed by atoms with Gasteiger partial charge in [0.15, 0.2) is 0 Å². The molecule has 1 atom stereocenters. The summed E-state index contributed by atoms with van der Waals surface area (Å²) in [6.07, 6.45) is 1.91. The van der Waals surface area contributed by atoms with Crippen LogP contribution in [0.3, 0.4) is 0 Å². The fourth-order valence-electron chi connectivity index (χ4n) is 1.76. The Morgan fingerprint density at radius 1 is 1.50 bits per heavy atom. The van der Waals surface area contributed by atoms with Crippen LogP contribution in [0.2, 0.25) is 5.02 Å². The second kappa shape index (κ2) is 6.86. The number of nitrogens with one attached hydrogen (secondary N) is 1. The molecule has 0 amide bonds. The topological polar surface area (TPSA) is 47.3 Å². The first-order chi connectivity index (χ1) is 7.70. The number of hydrogen-bond acceptors (Lipinski definition) is 3. The molecule has 90 valence electrons. The first-order valence-corrected chi connectivity index (χ1v) is 5.78. The van der Waals surface area contributed by atoms with Crippen LogP contribution in [0.25, 0.3) is 0 Å². The predicted molar refractivity (Wildman–Crippen MR) is 67.4 cm³/mol. The lowest BCUT2D eigenvalue weighted by molar-refractivity contribution is 0.188. The van der Waals surface area contributed by atoms with Gasteiger partial charge in [-0.25, -0.2) is 0 Å². The second-order valence-corrected chi connectivity index (χ2v) is 4.22. The van der Waals surface area contributed by atoms with E-state index >= 15 is 0 Å². The lowest BCUT2D eigenvalue weighted by atomic mass is 9.98. The Morgan fingerprint density at radius 3 is 2.88 bits per heavy atom. The molecule has 0 saturated heterocycles. The van der Waals surface area contributed by atoms with Gasteiger partial charge >= 0.3 is 0 Å². The Bertz CT molecular complexity index is 331. The summed E-state index contributed by atoms with van der Waals surface area (Å²) < 4.78 is 5.03. The minimum atomic E-state index is 0.133. The van der Waals surface area contributed by atoms with E-state index in [1.165, 1.54) is 0 Å². The van der Waals surface area contributed by atoms with Gasteiger partial charge in [0.2, 0.25) is 0 Å². The normalized spacial score (nSPS) is 12.8. The molecule has 0 aliphatic heterocycles. The van der Waals surface area contributed by atoms with Gasteiger partial charge in [-0.3, -0.25) is 11.3 Å². The number of methoxy groups -OCH3 is 1. The van der Waals surface area contributed by atoms with Crippen LogP contribution in [-0.2, 0) is 4.74 Å². The number of nitrogens with two attached hydrogens (primary N) is 1. The molecule has 0 aliphatic rings. The summed E-state index contributed by atoms with van der Waals surface area (Å²) in [7, 11) is 1.70. The molecule has 1 unspecified atom stereocenters. The monoisotopic (exact) mass is 242 g/mol. The Morgan fingerprint density at radius 2 is 2.25 bits per heavy atom. The highest BCUT2D eigenvalue weighted by molar-refractivity contribution is 6.31. The van der Waals surface area contributed by atoms with Crippen LogP contribution in [0.4, 0.5) is 0 Å². The number of halogens is 1. The van der Waals surface area contributed by atoms with E-state index in [0.717, 1.165) is 35.6 Å². The quantitative estimate of drug-likeness (QED) is 0.458. The molecule has 0 aliphatic carbocycles. The van der Waals surface area contributed by atoms with Crippen LogP contribution >= 0.6 is 11.6 Å². The zero-order valence-electron chi connectivity index (χ0n) is 9.79. The lowest BCUT2D eigenvalue weighted by Crippen LogP contribution is -2.28. The van der Waals surface area contributed by atoms with Crippen LogP contribution < -0.4 is 11.3 Å². The summed E-state index contributed by atoms with van der Waals surface area (Å²) in [4.78, 5) is 0.